The Morgan fingerprint density at radius 2 is 2.00 bits per heavy atom. The highest BCUT2D eigenvalue weighted by Gasteiger charge is 2.16. The van der Waals surface area contributed by atoms with Crippen molar-refractivity contribution in [3.63, 3.8) is 0 Å². The molecule has 100 valence electrons. The van der Waals surface area contributed by atoms with Gasteiger partial charge < -0.3 is 10.1 Å². The Kier molecular flexibility index (Phi) is 5.06. The second kappa shape index (κ2) is 6.79. The van der Waals surface area contributed by atoms with Gasteiger partial charge in [0.25, 0.3) is 0 Å². The standard InChI is InChI=1S/C16H25NO/c1-3-17-13(2)15-7-9-16(10-8-15)18-12-11-14-5-4-6-14/h7-10,13-14,17H,3-6,11-12H2,1-2H3. The van der Waals surface area contributed by atoms with Gasteiger partial charge >= 0.3 is 0 Å². The van der Waals surface area contributed by atoms with Crippen LogP contribution in [0.5, 0.6) is 5.75 Å². The number of hydrogen-bond donors (Lipinski definition) is 1. The number of benzene rings is 1. The quantitative estimate of drug-likeness (QED) is 0.788. The Labute approximate surface area is 111 Å². The Bertz CT molecular complexity index is 343. The zero-order valence-corrected chi connectivity index (χ0v) is 11.6. The molecule has 1 unspecified atom stereocenters. The molecule has 0 saturated heterocycles. The van der Waals surface area contributed by atoms with E-state index in [0.29, 0.717) is 6.04 Å². The lowest BCUT2D eigenvalue weighted by atomic mass is 9.83. The molecule has 1 N–H and O–H groups in total. The predicted molar refractivity (Wildman–Crippen MR) is 76.0 cm³/mol. The SMILES string of the molecule is CCNC(C)c1ccc(OCCC2CCC2)cc1. The molecule has 2 rings (SSSR count). The summed E-state index contributed by atoms with van der Waals surface area (Å²) >= 11 is 0. The molecule has 1 aliphatic carbocycles. The molecule has 0 amide bonds. The van der Waals surface area contributed by atoms with Crippen molar-refractivity contribution < 1.29 is 4.74 Å². The lowest BCUT2D eigenvalue weighted by Crippen LogP contribution is -2.17. The van der Waals surface area contributed by atoms with E-state index in [0.717, 1.165) is 24.8 Å². The molecule has 1 aromatic carbocycles. The van der Waals surface area contributed by atoms with E-state index in [-0.39, 0.29) is 0 Å². The molecule has 18 heavy (non-hydrogen) atoms. The Balaban J connectivity index is 1.75. The molecule has 1 fully saturated rings. The second-order valence-electron chi connectivity index (χ2n) is 5.28. The van der Waals surface area contributed by atoms with Crippen LogP contribution in [0.2, 0.25) is 0 Å². The van der Waals surface area contributed by atoms with Gasteiger partial charge in [0.2, 0.25) is 0 Å². The molecule has 0 heterocycles. The van der Waals surface area contributed by atoms with E-state index in [9.17, 15) is 0 Å². The molecule has 0 spiro atoms. The maximum atomic E-state index is 5.79. The van der Waals surface area contributed by atoms with Crippen molar-refractivity contribution in [3.05, 3.63) is 29.8 Å². The Morgan fingerprint density at radius 3 is 2.56 bits per heavy atom. The summed E-state index contributed by atoms with van der Waals surface area (Å²) in [6.07, 6.45) is 5.45. The first-order valence-electron chi connectivity index (χ1n) is 7.25. The highest BCUT2D eigenvalue weighted by Crippen LogP contribution is 2.29. The summed E-state index contributed by atoms with van der Waals surface area (Å²) in [6.45, 7) is 6.19. The molecule has 2 nitrogen and oxygen atoms in total. The Morgan fingerprint density at radius 1 is 1.28 bits per heavy atom. The van der Waals surface area contributed by atoms with E-state index < -0.39 is 0 Å². The van der Waals surface area contributed by atoms with Crippen LogP contribution < -0.4 is 10.1 Å². The van der Waals surface area contributed by atoms with E-state index in [1.807, 2.05) is 0 Å². The van der Waals surface area contributed by atoms with Gasteiger partial charge in [-0.25, -0.2) is 0 Å². The fraction of sp³-hybridized carbons (Fsp3) is 0.625. The van der Waals surface area contributed by atoms with Gasteiger partial charge in [0.05, 0.1) is 6.61 Å². The summed E-state index contributed by atoms with van der Waals surface area (Å²) in [5, 5.41) is 3.41. The summed E-state index contributed by atoms with van der Waals surface area (Å²) in [4.78, 5) is 0. The predicted octanol–water partition coefficient (Wildman–Crippen LogP) is 3.93. The van der Waals surface area contributed by atoms with Gasteiger partial charge in [0, 0.05) is 6.04 Å². The normalized spacial score (nSPS) is 17.2. The van der Waals surface area contributed by atoms with Crippen molar-refractivity contribution in [1.29, 1.82) is 0 Å². The molecular formula is C16H25NO. The third-order valence-corrected chi connectivity index (χ3v) is 3.91. The van der Waals surface area contributed by atoms with Crippen LogP contribution in [-0.4, -0.2) is 13.2 Å². The molecule has 0 aliphatic heterocycles. The average molecular weight is 247 g/mol. The first-order chi connectivity index (χ1) is 8.79. The fourth-order valence-electron chi connectivity index (χ4n) is 2.40. The van der Waals surface area contributed by atoms with Crippen molar-refractivity contribution in [3.8, 4) is 5.75 Å². The van der Waals surface area contributed by atoms with Crippen molar-refractivity contribution in [2.24, 2.45) is 5.92 Å². The van der Waals surface area contributed by atoms with Gasteiger partial charge in [-0.15, -0.1) is 0 Å². The van der Waals surface area contributed by atoms with Crippen LogP contribution in [0.3, 0.4) is 0 Å². The minimum atomic E-state index is 0.416. The highest BCUT2D eigenvalue weighted by molar-refractivity contribution is 5.28. The first kappa shape index (κ1) is 13.4. The lowest BCUT2D eigenvalue weighted by molar-refractivity contribution is 0.222. The van der Waals surface area contributed by atoms with Crippen molar-refractivity contribution in [2.75, 3.05) is 13.2 Å². The van der Waals surface area contributed by atoms with Crippen molar-refractivity contribution >= 4 is 0 Å². The van der Waals surface area contributed by atoms with Gasteiger partial charge in [-0.05, 0) is 43.5 Å². The van der Waals surface area contributed by atoms with Gasteiger partial charge in [-0.3, -0.25) is 0 Å². The number of nitrogens with one attached hydrogen (secondary N) is 1. The summed E-state index contributed by atoms with van der Waals surface area (Å²) in [7, 11) is 0. The third-order valence-electron chi connectivity index (χ3n) is 3.91. The second-order valence-corrected chi connectivity index (χ2v) is 5.28. The van der Waals surface area contributed by atoms with E-state index >= 15 is 0 Å². The molecule has 2 heteroatoms. The molecule has 0 radical (unpaired) electrons. The largest absolute Gasteiger partial charge is 0.494 e. The average Bonchev–Trinajstić information content (AvgIpc) is 2.33. The zero-order chi connectivity index (χ0) is 12.8. The zero-order valence-electron chi connectivity index (χ0n) is 11.6. The maximum absolute atomic E-state index is 5.79. The smallest absolute Gasteiger partial charge is 0.119 e. The molecule has 1 atom stereocenters. The van der Waals surface area contributed by atoms with Crippen molar-refractivity contribution in [1.82, 2.24) is 5.32 Å². The highest BCUT2D eigenvalue weighted by atomic mass is 16.5. The van der Waals surface area contributed by atoms with Gasteiger partial charge in [0.15, 0.2) is 0 Å². The van der Waals surface area contributed by atoms with Crippen LogP contribution in [0.25, 0.3) is 0 Å². The van der Waals surface area contributed by atoms with Crippen LogP contribution in [-0.2, 0) is 0 Å². The van der Waals surface area contributed by atoms with Crippen LogP contribution in [0.1, 0.15) is 51.1 Å². The maximum Gasteiger partial charge on any atom is 0.119 e. The van der Waals surface area contributed by atoms with E-state index in [1.165, 1.54) is 31.2 Å². The topological polar surface area (TPSA) is 21.3 Å². The molecular weight excluding hydrogens is 222 g/mol. The minimum Gasteiger partial charge on any atom is -0.494 e. The van der Waals surface area contributed by atoms with Crippen LogP contribution in [0.4, 0.5) is 0 Å². The molecule has 1 aliphatic rings. The van der Waals surface area contributed by atoms with Gasteiger partial charge in [-0.1, -0.05) is 38.3 Å². The summed E-state index contributed by atoms with van der Waals surface area (Å²) in [5.41, 5.74) is 1.32. The lowest BCUT2D eigenvalue weighted by Gasteiger charge is -2.25. The van der Waals surface area contributed by atoms with E-state index in [2.05, 4.69) is 43.4 Å². The molecule has 0 aromatic heterocycles. The van der Waals surface area contributed by atoms with Crippen LogP contribution >= 0.6 is 0 Å². The molecule has 1 aromatic rings. The van der Waals surface area contributed by atoms with Crippen LogP contribution in [0.15, 0.2) is 24.3 Å². The third kappa shape index (κ3) is 3.74. The number of ether oxygens (including phenoxy) is 1. The van der Waals surface area contributed by atoms with E-state index in [4.69, 9.17) is 4.74 Å². The monoisotopic (exact) mass is 247 g/mol. The van der Waals surface area contributed by atoms with Crippen molar-refractivity contribution in [2.45, 2.75) is 45.6 Å². The summed E-state index contributed by atoms with van der Waals surface area (Å²) in [6, 6.07) is 8.91. The number of rotatable bonds is 7. The van der Waals surface area contributed by atoms with Crippen LogP contribution in [0, 0.1) is 5.92 Å². The summed E-state index contributed by atoms with van der Waals surface area (Å²) < 4.78 is 5.79. The molecule has 1 saturated carbocycles. The van der Waals surface area contributed by atoms with Gasteiger partial charge in [0.1, 0.15) is 5.75 Å². The Hall–Kier alpha value is -1.02. The first-order valence-corrected chi connectivity index (χ1v) is 7.25. The summed E-state index contributed by atoms with van der Waals surface area (Å²) in [5.74, 6) is 1.93. The van der Waals surface area contributed by atoms with E-state index in [1.54, 1.807) is 0 Å². The fourth-order valence-corrected chi connectivity index (χ4v) is 2.40. The number of hydrogen-bond acceptors (Lipinski definition) is 2. The minimum absolute atomic E-state index is 0.416. The van der Waals surface area contributed by atoms with Gasteiger partial charge in [-0.2, -0.15) is 0 Å². The molecule has 0 bridgehead atoms.